The smallest absolute Gasteiger partial charge is 0.217 e. The second-order valence-electron chi connectivity index (χ2n) is 2.95. The van der Waals surface area contributed by atoms with Crippen LogP contribution < -0.4 is 4.74 Å². The van der Waals surface area contributed by atoms with Crippen molar-refractivity contribution in [3.8, 4) is 5.88 Å². The molecule has 78 valence electrons. The molecule has 4 nitrogen and oxygen atoms in total. The van der Waals surface area contributed by atoms with E-state index in [0.29, 0.717) is 23.7 Å². The maximum atomic E-state index is 5.33. The summed E-state index contributed by atoms with van der Waals surface area (Å²) in [6.07, 6.45) is 1.68. The zero-order valence-electron chi connectivity index (χ0n) is 8.24. The molecule has 0 spiro atoms. The van der Waals surface area contributed by atoms with Crippen molar-refractivity contribution in [1.29, 1.82) is 0 Å². The molecule has 1 rings (SSSR count). The Hall–Kier alpha value is -0.680. The van der Waals surface area contributed by atoms with Crippen LogP contribution in [0.5, 0.6) is 5.88 Å². The van der Waals surface area contributed by atoms with Crippen LogP contribution in [0.25, 0.3) is 0 Å². The third-order valence-corrected chi connectivity index (χ3v) is 1.83. The van der Waals surface area contributed by atoms with Crippen molar-refractivity contribution in [1.82, 2.24) is 9.97 Å². The second kappa shape index (κ2) is 5.93. The molecule has 1 heterocycles. The zero-order valence-corrected chi connectivity index (χ0v) is 9.82. The number of hydrogen-bond acceptors (Lipinski definition) is 4. The summed E-state index contributed by atoms with van der Waals surface area (Å²) in [5.41, 5.74) is 0. The van der Waals surface area contributed by atoms with Gasteiger partial charge >= 0.3 is 0 Å². The van der Waals surface area contributed by atoms with Gasteiger partial charge in [-0.1, -0.05) is 0 Å². The molecule has 0 aliphatic carbocycles. The summed E-state index contributed by atoms with van der Waals surface area (Å²) in [5.74, 6) is 0.555. The first kappa shape index (κ1) is 11.4. The van der Waals surface area contributed by atoms with E-state index in [9.17, 15) is 0 Å². The molecule has 1 aromatic heterocycles. The number of nitrogens with zero attached hydrogens (tertiary/aromatic N) is 2. The number of ether oxygens (including phenoxy) is 2. The maximum absolute atomic E-state index is 5.33. The van der Waals surface area contributed by atoms with Crippen molar-refractivity contribution >= 4 is 15.9 Å². The maximum Gasteiger partial charge on any atom is 0.217 e. The topological polar surface area (TPSA) is 44.2 Å². The summed E-state index contributed by atoms with van der Waals surface area (Å²) in [5, 5.41) is 0. The SMILES string of the molecule is CC(C)OCCOc1cc(Br)ncn1. The molecule has 14 heavy (non-hydrogen) atoms. The molecule has 0 bridgehead atoms. The van der Waals surface area contributed by atoms with Crippen LogP contribution in [-0.4, -0.2) is 29.3 Å². The molecular formula is C9H13BrN2O2. The fourth-order valence-corrected chi connectivity index (χ4v) is 1.11. The Morgan fingerprint density at radius 3 is 2.79 bits per heavy atom. The predicted molar refractivity (Wildman–Crippen MR) is 56.3 cm³/mol. The van der Waals surface area contributed by atoms with Gasteiger partial charge in [-0.25, -0.2) is 9.97 Å². The standard InChI is InChI=1S/C9H13BrN2O2/c1-7(2)13-3-4-14-9-5-8(10)11-6-12-9/h5-7H,3-4H2,1-2H3. The lowest BCUT2D eigenvalue weighted by atomic mass is 10.5. The van der Waals surface area contributed by atoms with Crippen LogP contribution in [-0.2, 0) is 4.74 Å². The van der Waals surface area contributed by atoms with Gasteiger partial charge in [0.1, 0.15) is 17.5 Å². The van der Waals surface area contributed by atoms with Gasteiger partial charge in [-0.05, 0) is 29.8 Å². The van der Waals surface area contributed by atoms with E-state index in [2.05, 4.69) is 25.9 Å². The minimum atomic E-state index is 0.232. The highest BCUT2D eigenvalue weighted by atomic mass is 79.9. The lowest BCUT2D eigenvalue weighted by Gasteiger charge is -2.08. The predicted octanol–water partition coefficient (Wildman–Crippen LogP) is 2.04. The number of aromatic nitrogens is 2. The quantitative estimate of drug-likeness (QED) is 0.601. The Kier molecular flexibility index (Phi) is 4.82. The molecule has 0 saturated carbocycles. The molecule has 0 atom stereocenters. The molecule has 0 radical (unpaired) electrons. The second-order valence-corrected chi connectivity index (χ2v) is 3.76. The fourth-order valence-electron chi connectivity index (χ4n) is 0.826. The van der Waals surface area contributed by atoms with Crippen LogP contribution >= 0.6 is 15.9 Å². The summed E-state index contributed by atoms with van der Waals surface area (Å²) in [6, 6.07) is 1.72. The first-order chi connectivity index (χ1) is 6.68. The summed E-state index contributed by atoms with van der Waals surface area (Å²) in [7, 11) is 0. The number of rotatable bonds is 5. The average molecular weight is 261 g/mol. The average Bonchev–Trinajstić information content (AvgIpc) is 2.12. The van der Waals surface area contributed by atoms with Gasteiger partial charge in [-0.3, -0.25) is 0 Å². The minimum absolute atomic E-state index is 0.232. The monoisotopic (exact) mass is 260 g/mol. The summed E-state index contributed by atoms with van der Waals surface area (Å²) in [4.78, 5) is 7.83. The van der Waals surface area contributed by atoms with Gasteiger partial charge in [0.25, 0.3) is 0 Å². The highest BCUT2D eigenvalue weighted by Gasteiger charge is 1.97. The van der Waals surface area contributed by atoms with Crippen molar-refractivity contribution in [2.24, 2.45) is 0 Å². The molecule has 0 aliphatic heterocycles. The normalized spacial score (nSPS) is 10.6. The molecule has 0 aliphatic rings. The van der Waals surface area contributed by atoms with Crippen LogP contribution in [0.4, 0.5) is 0 Å². The highest BCUT2D eigenvalue weighted by Crippen LogP contribution is 2.11. The highest BCUT2D eigenvalue weighted by molar-refractivity contribution is 9.10. The third kappa shape index (κ3) is 4.53. The summed E-state index contributed by atoms with van der Waals surface area (Å²) < 4.78 is 11.4. The molecule has 0 N–H and O–H groups in total. The van der Waals surface area contributed by atoms with E-state index >= 15 is 0 Å². The number of hydrogen-bond donors (Lipinski definition) is 0. The van der Waals surface area contributed by atoms with E-state index in [-0.39, 0.29) is 6.10 Å². The molecular weight excluding hydrogens is 248 g/mol. The molecule has 5 heteroatoms. The Bertz CT molecular complexity index is 281. The van der Waals surface area contributed by atoms with Crippen LogP contribution in [0.2, 0.25) is 0 Å². The van der Waals surface area contributed by atoms with E-state index in [4.69, 9.17) is 9.47 Å². The first-order valence-corrected chi connectivity index (χ1v) is 5.19. The Balaban J connectivity index is 2.25. The summed E-state index contributed by atoms with van der Waals surface area (Å²) in [6.45, 7) is 5.05. The van der Waals surface area contributed by atoms with Crippen molar-refractivity contribution in [3.05, 3.63) is 17.0 Å². The van der Waals surface area contributed by atoms with Gasteiger partial charge in [0.2, 0.25) is 5.88 Å². The van der Waals surface area contributed by atoms with Gasteiger partial charge in [-0.2, -0.15) is 0 Å². The Morgan fingerprint density at radius 1 is 1.36 bits per heavy atom. The summed E-state index contributed by atoms with van der Waals surface area (Å²) >= 11 is 3.23. The van der Waals surface area contributed by atoms with E-state index in [0.717, 1.165) is 0 Å². The third-order valence-electron chi connectivity index (χ3n) is 1.39. The molecule has 0 saturated heterocycles. The number of halogens is 1. The van der Waals surface area contributed by atoms with Gasteiger partial charge in [0.15, 0.2) is 0 Å². The van der Waals surface area contributed by atoms with Crippen LogP contribution in [0, 0.1) is 0 Å². The van der Waals surface area contributed by atoms with Crippen molar-refractivity contribution in [2.45, 2.75) is 20.0 Å². The minimum Gasteiger partial charge on any atom is -0.475 e. The van der Waals surface area contributed by atoms with Gasteiger partial charge in [0.05, 0.1) is 12.7 Å². The van der Waals surface area contributed by atoms with Crippen molar-refractivity contribution < 1.29 is 9.47 Å². The molecule has 0 fully saturated rings. The fraction of sp³-hybridized carbons (Fsp3) is 0.556. The lowest BCUT2D eigenvalue weighted by molar-refractivity contribution is 0.0542. The first-order valence-electron chi connectivity index (χ1n) is 4.40. The van der Waals surface area contributed by atoms with Crippen molar-refractivity contribution in [2.75, 3.05) is 13.2 Å². The molecule has 0 unspecified atom stereocenters. The van der Waals surface area contributed by atoms with Crippen molar-refractivity contribution in [3.63, 3.8) is 0 Å². The van der Waals surface area contributed by atoms with E-state index in [1.165, 1.54) is 6.33 Å². The van der Waals surface area contributed by atoms with E-state index < -0.39 is 0 Å². The molecule has 0 amide bonds. The molecule has 0 aromatic carbocycles. The van der Waals surface area contributed by atoms with Crippen LogP contribution in [0.3, 0.4) is 0 Å². The van der Waals surface area contributed by atoms with Gasteiger partial charge in [0, 0.05) is 6.07 Å². The lowest BCUT2D eigenvalue weighted by Crippen LogP contribution is -2.11. The Morgan fingerprint density at radius 2 is 2.14 bits per heavy atom. The van der Waals surface area contributed by atoms with Crippen LogP contribution in [0.1, 0.15) is 13.8 Å². The zero-order chi connectivity index (χ0) is 10.4. The largest absolute Gasteiger partial charge is 0.475 e. The van der Waals surface area contributed by atoms with Gasteiger partial charge < -0.3 is 9.47 Å². The van der Waals surface area contributed by atoms with Gasteiger partial charge in [-0.15, -0.1) is 0 Å². The van der Waals surface area contributed by atoms with E-state index in [1.54, 1.807) is 6.07 Å². The molecule has 1 aromatic rings. The Labute approximate surface area is 91.8 Å². The van der Waals surface area contributed by atoms with E-state index in [1.807, 2.05) is 13.8 Å². The van der Waals surface area contributed by atoms with Crippen LogP contribution in [0.15, 0.2) is 17.0 Å².